The van der Waals surface area contributed by atoms with Crippen molar-refractivity contribution in [2.24, 2.45) is 5.41 Å². The van der Waals surface area contributed by atoms with Gasteiger partial charge in [-0.3, -0.25) is 4.79 Å². The summed E-state index contributed by atoms with van der Waals surface area (Å²) >= 11 is 12.3. The predicted molar refractivity (Wildman–Crippen MR) is 140 cm³/mol. The highest BCUT2D eigenvalue weighted by Crippen LogP contribution is 2.61. The van der Waals surface area contributed by atoms with E-state index in [9.17, 15) is 15.2 Å². The lowest BCUT2D eigenvalue weighted by atomic mass is 9.61. The summed E-state index contributed by atoms with van der Waals surface area (Å²) in [6.07, 6.45) is 6.21. The highest BCUT2D eigenvalue weighted by molar-refractivity contribution is 6.31. The van der Waals surface area contributed by atoms with Gasteiger partial charge in [0.25, 0.3) is 0 Å². The van der Waals surface area contributed by atoms with Crippen LogP contribution in [0.15, 0.2) is 48.6 Å². The number of cyclic esters (lactones) is 1. The molecule has 0 radical (unpaired) electrons. The van der Waals surface area contributed by atoms with Gasteiger partial charge >= 0.3 is 5.97 Å². The summed E-state index contributed by atoms with van der Waals surface area (Å²) in [5.74, 6) is -3.29. The second-order valence-corrected chi connectivity index (χ2v) is 11.9. The Hall–Kier alpha value is -2.50. The molecule has 9 heteroatoms. The second kappa shape index (κ2) is 9.60. The van der Waals surface area contributed by atoms with Crippen LogP contribution in [0.25, 0.3) is 0 Å². The number of rotatable bonds is 5. The monoisotopic (exact) mass is 560 g/mol. The van der Waals surface area contributed by atoms with Gasteiger partial charge in [-0.05, 0) is 68.7 Å². The number of esters is 1. The van der Waals surface area contributed by atoms with Crippen molar-refractivity contribution in [3.63, 3.8) is 0 Å². The SMILES string of the molecule is CC1(C)OC(=O)[C@H]2[C@H](c3cccc(Cl)c3F)[C@@](C#N)(c3ccc(Cl)cc3F)[C@H](CC3(CO)CC=CCC3)N21. The summed E-state index contributed by atoms with van der Waals surface area (Å²) in [5.41, 5.74) is -3.51. The van der Waals surface area contributed by atoms with E-state index >= 15 is 8.78 Å². The summed E-state index contributed by atoms with van der Waals surface area (Å²) in [4.78, 5) is 15.3. The fourth-order valence-electron chi connectivity index (χ4n) is 6.91. The molecule has 1 N–H and O–H groups in total. The number of allylic oxidation sites excluding steroid dienone is 2. The molecule has 0 bridgehead atoms. The molecule has 2 aromatic rings. The molecule has 0 aromatic heterocycles. The zero-order valence-electron chi connectivity index (χ0n) is 21.1. The number of fused-ring (bicyclic) bond motifs is 1. The van der Waals surface area contributed by atoms with Crippen LogP contribution in [-0.4, -0.2) is 40.4 Å². The third-order valence-corrected chi connectivity index (χ3v) is 9.11. The number of nitrogens with zero attached hydrogens (tertiary/aromatic N) is 2. The lowest BCUT2D eigenvalue weighted by molar-refractivity contribution is -0.152. The number of carbonyl (C=O) groups excluding carboxylic acids is 1. The third-order valence-electron chi connectivity index (χ3n) is 8.58. The lowest BCUT2D eigenvalue weighted by Crippen LogP contribution is -2.53. The van der Waals surface area contributed by atoms with Crippen LogP contribution in [0.2, 0.25) is 10.0 Å². The molecule has 0 spiro atoms. The van der Waals surface area contributed by atoms with Gasteiger partial charge < -0.3 is 9.84 Å². The minimum atomic E-state index is -1.75. The van der Waals surface area contributed by atoms with Crippen LogP contribution in [0.1, 0.15) is 56.6 Å². The fraction of sp³-hybridized carbons (Fsp3) is 0.448. The fourth-order valence-corrected chi connectivity index (χ4v) is 7.25. The van der Waals surface area contributed by atoms with E-state index in [-0.39, 0.29) is 34.2 Å². The Kier molecular flexibility index (Phi) is 6.84. The molecule has 0 amide bonds. The van der Waals surface area contributed by atoms with Crippen molar-refractivity contribution in [3.8, 4) is 6.07 Å². The van der Waals surface area contributed by atoms with E-state index in [4.69, 9.17) is 27.9 Å². The van der Waals surface area contributed by atoms with E-state index in [1.54, 1.807) is 24.8 Å². The standard InChI is InChI=1S/C29H28Cl2F2N2O3/c1-27(2)35-22(14-28(16-36)11-4-3-5-12-28)29(15-34,19-10-9-17(30)13-21(19)32)23(25(35)26(37)38-27)18-7-6-8-20(31)24(18)33/h3-4,6-10,13,22-23,25,36H,5,11-12,14,16H2,1-2H3/t22-,23-,25+,28?,29-/m0/s1. The minimum absolute atomic E-state index is 0.0104. The van der Waals surface area contributed by atoms with Crippen LogP contribution in [0.5, 0.6) is 0 Å². The summed E-state index contributed by atoms with van der Waals surface area (Å²) in [6.45, 7) is 3.26. The highest BCUT2D eigenvalue weighted by atomic mass is 35.5. The van der Waals surface area contributed by atoms with Gasteiger partial charge in [0.2, 0.25) is 0 Å². The van der Waals surface area contributed by atoms with Gasteiger partial charge in [0.1, 0.15) is 23.1 Å². The topological polar surface area (TPSA) is 73.6 Å². The molecule has 200 valence electrons. The van der Waals surface area contributed by atoms with Crippen LogP contribution in [-0.2, 0) is 14.9 Å². The quantitative estimate of drug-likeness (QED) is 0.344. The van der Waals surface area contributed by atoms with E-state index in [1.165, 1.54) is 24.3 Å². The van der Waals surface area contributed by atoms with Crippen molar-refractivity contribution in [2.75, 3.05) is 6.61 Å². The van der Waals surface area contributed by atoms with Gasteiger partial charge in [-0.2, -0.15) is 5.26 Å². The van der Waals surface area contributed by atoms with Gasteiger partial charge in [0.05, 0.1) is 11.1 Å². The van der Waals surface area contributed by atoms with Gasteiger partial charge in [-0.25, -0.2) is 13.7 Å². The smallest absolute Gasteiger partial charge is 0.325 e. The Labute approximate surface area is 230 Å². The van der Waals surface area contributed by atoms with Crippen molar-refractivity contribution in [2.45, 2.75) is 68.7 Å². The Morgan fingerprint density at radius 1 is 1.21 bits per heavy atom. The number of carbonyl (C=O) groups is 1. The van der Waals surface area contributed by atoms with E-state index in [1.807, 2.05) is 12.2 Å². The van der Waals surface area contributed by atoms with Crippen molar-refractivity contribution in [1.82, 2.24) is 4.90 Å². The Morgan fingerprint density at radius 2 is 1.97 bits per heavy atom. The first-order valence-electron chi connectivity index (χ1n) is 12.6. The maximum absolute atomic E-state index is 15.8. The van der Waals surface area contributed by atoms with E-state index in [0.29, 0.717) is 12.8 Å². The lowest BCUT2D eigenvalue weighted by Gasteiger charge is -2.45. The molecule has 3 aliphatic rings. The molecule has 1 unspecified atom stereocenters. The van der Waals surface area contributed by atoms with Crippen molar-refractivity contribution >= 4 is 29.2 Å². The second-order valence-electron chi connectivity index (χ2n) is 11.0. The van der Waals surface area contributed by atoms with Crippen LogP contribution in [0.3, 0.4) is 0 Å². The van der Waals surface area contributed by atoms with Gasteiger partial charge in [0, 0.05) is 29.2 Å². The number of ether oxygens (including phenoxy) is 1. The van der Waals surface area contributed by atoms with E-state index in [0.717, 1.165) is 12.5 Å². The maximum Gasteiger partial charge on any atom is 0.325 e. The minimum Gasteiger partial charge on any atom is -0.443 e. The molecule has 2 aromatic carbocycles. The maximum atomic E-state index is 15.8. The number of aliphatic hydroxyl groups is 1. The number of aliphatic hydroxyl groups excluding tert-OH is 1. The first-order chi connectivity index (χ1) is 18.0. The summed E-state index contributed by atoms with van der Waals surface area (Å²) < 4.78 is 37.4. The molecular weight excluding hydrogens is 533 g/mol. The predicted octanol–water partition coefficient (Wildman–Crippen LogP) is 6.27. The average Bonchev–Trinajstić information content (AvgIpc) is 3.30. The number of nitriles is 1. The van der Waals surface area contributed by atoms with Gasteiger partial charge in [-0.1, -0.05) is 53.6 Å². The molecule has 1 aliphatic carbocycles. The first kappa shape index (κ1) is 27.1. The largest absolute Gasteiger partial charge is 0.443 e. The molecule has 5 atom stereocenters. The molecule has 2 heterocycles. The van der Waals surface area contributed by atoms with Crippen LogP contribution >= 0.6 is 23.2 Å². The summed E-state index contributed by atoms with van der Waals surface area (Å²) in [6, 6.07) is 8.92. The van der Waals surface area contributed by atoms with Gasteiger partial charge in [-0.15, -0.1) is 0 Å². The Bertz CT molecular complexity index is 1360. The number of hydrogen-bond donors (Lipinski definition) is 1. The van der Waals surface area contributed by atoms with Crippen LogP contribution < -0.4 is 0 Å². The normalized spacial score (nSPS) is 32.2. The van der Waals surface area contributed by atoms with Crippen molar-refractivity contribution in [1.29, 1.82) is 5.26 Å². The Morgan fingerprint density at radius 3 is 2.61 bits per heavy atom. The molecule has 5 rings (SSSR count). The Balaban J connectivity index is 1.84. The van der Waals surface area contributed by atoms with E-state index in [2.05, 4.69) is 6.07 Å². The summed E-state index contributed by atoms with van der Waals surface area (Å²) in [5, 5.41) is 21.6. The molecule has 2 fully saturated rings. The molecular formula is C29H28Cl2F2N2O3. The zero-order chi connectivity index (χ0) is 27.5. The molecule has 2 aliphatic heterocycles. The van der Waals surface area contributed by atoms with E-state index < -0.39 is 52.2 Å². The third kappa shape index (κ3) is 3.96. The number of hydrogen-bond acceptors (Lipinski definition) is 5. The molecule has 0 saturated carbocycles. The highest BCUT2D eigenvalue weighted by Gasteiger charge is 2.71. The molecule has 5 nitrogen and oxygen atoms in total. The number of benzene rings is 2. The zero-order valence-corrected chi connectivity index (χ0v) is 22.6. The number of halogens is 4. The molecule has 38 heavy (non-hydrogen) atoms. The van der Waals surface area contributed by atoms with Crippen LogP contribution in [0, 0.1) is 28.4 Å². The first-order valence-corrected chi connectivity index (χ1v) is 13.3. The average molecular weight is 561 g/mol. The van der Waals surface area contributed by atoms with Crippen LogP contribution in [0.4, 0.5) is 8.78 Å². The van der Waals surface area contributed by atoms with Crippen molar-refractivity contribution in [3.05, 3.63) is 81.4 Å². The van der Waals surface area contributed by atoms with Gasteiger partial charge in [0.15, 0.2) is 5.72 Å². The van der Waals surface area contributed by atoms with Crippen molar-refractivity contribution < 1.29 is 23.4 Å². The summed E-state index contributed by atoms with van der Waals surface area (Å²) in [7, 11) is 0. The molecule has 2 saturated heterocycles.